The molecule has 0 spiro atoms. The minimum atomic E-state index is -1.24. The number of carbonyl (C=O) groups is 5. The van der Waals surface area contributed by atoms with Crippen molar-refractivity contribution in [2.45, 2.75) is 75.5 Å². The van der Waals surface area contributed by atoms with Crippen LogP contribution in [-0.2, 0) is 30.4 Å². The smallest absolute Gasteiger partial charge is 0.326 e. The first-order chi connectivity index (χ1) is 19.1. The van der Waals surface area contributed by atoms with Gasteiger partial charge >= 0.3 is 11.9 Å². The Bertz CT molecular complexity index is 1210. The minimum absolute atomic E-state index is 0.0354. The van der Waals surface area contributed by atoms with Crippen molar-refractivity contribution in [3.05, 3.63) is 36.0 Å². The highest BCUT2D eigenvalue weighted by molar-refractivity contribution is 5.94. The number of rotatable bonds is 15. The lowest BCUT2D eigenvalue weighted by molar-refractivity contribution is -0.143. The quantitative estimate of drug-likeness (QED) is 0.147. The number of nitrogens with one attached hydrogen (secondary N) is 3. The van der Waals surface area contributed by atoms with Gasteiger partial charge in [-0.25, -0.2) is 4.79 Å². The molecule has 13 nitrogen and oxygen atoms in total. The first-order valence-corrected chi connectivity index (χ1v) is 13.5. The number of hydrogen-bond acceptors (Lipinski definition) is 7. The summed E-state index contributed by atoms with van der Waals surface area (Å²) in [6.07, 6.45) is 3.66. The standard InChI is InChI=1S/C27H38N6O7/c28-12-4-3-8-20(31-25(37)22-9-5-13-33(22)26(38)18(29)10-11-23(34)35)24(36)32-21(27(39)40)14-16-15-30-19-7-2-1-6-17(16)19/h1-2,6-7,15,18,20-22,30H,3-5,8-14,28-29H2,(H,31,37)(H,32,36)(H,34,35)(H,39,40). The zero-order chi connectivity index (χ0) is 29.2. The number of likely N-dealkylation sites (tertiary alicyclic amines) is 1. The molecule has 0 saturated carbocycles. The van der Waals surface area contributed by atoms with E-state index in [1.54, 1.807) is 6.20 Å². The zero-order valence-corrected chi connectivity index (χ0v) is 22.3. The van der Waals surface area contributed by atoms with Crippen molar-refractivity contribution in [2.24, 2.45) is 11.5 Å². The maximum absolute atomic E-state index is 13.3. The average Bonchev–Trinajstić information content (AvgIpc) is 3.58. The lowest BCUT2D eigenvalue weighted by atomic mass is 10.0. The Labute approximate surface area is 231 Å². The van der Waals surface area contributed by atoms with Crippen LogP contribution in [0.25, 0.3) is 10.9 Å². The van der Waals surface area contributed by atoms with Gasteiger partial charge in [-0.2, -0.15) is 0 Å². The Hall–Kier alpha value is -3.97. The number of hydrogen-bond donors (Lipinski definition) is 7. The number of nitrogens with zero attached hydrogens (tertiary/aromatic N) is 1. The van der Waals surface area contributed by atoms with Crippen LogP contribution in [0.2, 0.25) is 0 Å². The highest BCUT2D eigenvalue weighted by atomic mass is 16.4. The van der Waals surface area contributed by atoms with Crippen LogP contribution in [0.4, 0.5) is 0 Å². The highest BCUT2D eigenvalue weighted by Crippen LogP contribution is 2.21. The summed E-state index contributed by atoms with van der Waals surface area (Å²) in [5.41, 5.74) is 13.1. The predicted octanol–water partition coefficient (Wildman–Crippen LogP) is 0.0767. The van der Waals surface area contributed by atoms with E-state index >= 15 is 0 Å². The fraction of sp³-hybridized carbons (Fsp3) is 0.519. The molecular formula is C27H38N6O7. The van der Waals surface area contributed by atoms with Crippen molar-refractivity contribution in [1.82, 2.24) is 20.5 Å². The number of H-pyrrole nitrogens is 1. The van der Waals surface area contributed by atoms with Gasteiger partial charge in [0, 0.05) is 36.5 Å². The lowest BCUT2D eigenvalue weighted by Gasteiger charge is -2.28. The SMILES string of the molecule is NCCCCC(NC(=O)C1CCCN1C(=O)C(N)CCC(=O)O)C(=O)NC(Cc1c[nH]c2ccccc12)C(=O)O. The van der Waals surface area contributed by atoms with Crippen molar-refractivity contribution in [3.63, 3.8) is 0 Å². The topological polar surface area (TPSA) is 221 Å². The second-order valence-corrected chi connectivity index (χ2v) is 10.0. The van der Waals surface area contributed by atoms with Crippen molar-refractivity contribution in [3.8, 4) is 0 Å². The lowest BCUT2D eigenvalue weighted by Crippen LogP contribution is -2.56. The van der Waals surface area contributed by atoms with E-state index in [0.29, 0.717) is 32.2 Å². The maximum Gasteiger partial charge on any atom is 0.326 e. The predicted molar refractivity (Wildman–Crippen MR) is 146 cm³/mol. The van der Waals surface area contributed by atoms with Crippen LogP contribution >= 0.6 is 0 Å². The third kappa shape index (κ3) is 8.02. The number of unbranched alkanes of at least 4 members (excludes halogenated alkanes) is 1. The van der Waals surface area contributed by atoms with Crippen molar-refractivity contribution < 1.29 is 34.2 Å². The number of benzene rings is 1. The number of aromatic amines is 1. The van der Waals surface area contributed by atoms with Gasteiger partial charge in [0.15, 0.2) is 0 Å². The summed E-state index contributed by atoms with van der Waals surface area (Å²) in [4.78, 5) is 66.7. The Morgan fingerprint density at radius 1 is 1.05 bits per heavy atom. The van der Waals surface area contributed by atoms with E-state index in [2.05, 4.69) is 15.6 Å². The molecule has 40 heavy (non-hydrogen) atoms. The molecule has 0 bridgehead atoms. The van der Waals surface area contributed by atoms with Crippen molar-refractivity contribution in [1.29, 1.82) is 0 Å². The first-order valence-electron chi connectivity index (χ1n) is 13.5. The molecule has 1 aliphatic rings. The van der Waals surface area contributed by atoms with Crippen LogP contribution < -0.4 is 22.1 Å². The molecule has 2 aromatic rings. The van der Waals surface area contributed by atoms with E-state index in [1.165, 1.54) is 4.90 Å². The summed E-state index contributed by atoms with van der Waals surface area (Å²) in [5.74, 6) is -4.00. The molecule has 1 fully saturated rings. The van der Waals surface area contributed by atoms with Gasteiger partial charge in [-0.1, -0.05) is 18.2 Å². The van der Waals surface area contributed by atoms with E-state index < -0.39 is 53.8 Å². The van der Waals surface area contributed by atoms with E-state index in [1.807, 2.05) is 24.3 Å². The minimum Gasteiger partial charge on any atom is -0.481 e. The molecule has 1 aliphatic heterocycles. The Kier molecular flexibility index (Phi) is 11.0. The number of aliphatic carboxylic acids is 2. The molecular weight excluding hydrogens is 520 g/mol. The van der Waals surface area contributed by atoms with Crippen LogP contribution in [0.3, 0.4) is 0 Å². The largest absolute Gasteiger partial charge is 0.481 e. The summed E-state index contributed by atoms with van der Waals surface area (Å²) < 4.78 is 0. The summed E-state index contributed by atoms with van der Waals surface area (Å²) in [5, 5.41) is 24.8. The Morgan fingerprint density at radius 2 is 1.80 bits per heavy atom. The number of aromatic nitrogens is 1. The highest BCUT2D eigenvalue weighted by Gasteiger charge is 2.38. The third-order valence-electron chi connectivity index (χ3n) is 7.12. The van der Waals surface area contributed by atoms with Crippen molar-refractivity contribution in [2.75, 3.05) is 13.1 Å². The zero-order valence-electron chi connectivity index (χ0n) is 22.3. The van der Waals surface area contributed by atoms with Crippen LogP contribution in [0.15, 0.2) is 30.5 Å². The number of amides is 3. The number of nitrogens with two attached hydrogens (primary N) is 2. The number of carbonyl (C=O) groups excluding carboxylic acids is 3. The van der Waals surface area contributed by atoms with Gasteiger partial charge in [-0.05, 0) is 56.7 Å². The molecule has 1 aromatic heterocycles. The molecule has 13 heteroatoms. The Morgan fingerprint density at radius 3 is 2.50 bits per heavy atom. The number of carboxylic acids is 2. The molecule has 3 amide bonds. The third-order valence-corrected chi connectivity index (χ3v) is 7.12. The van der Waals surface area contributed by atoms with Crippen LogP contribution in [0.1, 0.15) is 50.5 Å². The fourth-order valence-corrected chi connectivity index (χ4v) is 4.94. The summed E-state index contributed by atoms with van der Waals surface area (Å²) in [6.45, 7) is 0.674. The fourth-order valence-electron chi connectivity index (χ4n) is 4.94. The first kappa shape index (κ1) is 30.6. The van der Waals surface area contributed by atoms with E-state index in [9.17, 15) is 29.1 Å². The maximum atomic E-state index is 13.3. The molecule has 4 atom stereocenters. The molecule has 9 N–H and O–H groups in total. The molecule has 1 aromatic carbocycles. The summed E-state index contributed by atoms with van der Waals surface area (Å²) >= 11 is 0. The van der Waals surface area contributed by atoms with Gasteiger partial charge < -0.3 is 42.2 Å². The van der Waals surface area contributed by atoms with Crippen LogP contribution in [0.5, 0.6) is 0 Å². The number of fused-ring (bicyclic) bond motifs is 1. The van der Waals surface area contributed by atoms with Crippen LogP contribution in [-0.4, -0.2) is 87.0 Å². The second-order valence-electron chi connectivity index (χ2n) is 10.0. The molecule has 218 valence electrons. The van der Waals surface area contributed by atoms with Crippen LogP contribution in [0, 0.1) is 0 Å². The second kappa shape index (κ2) is 14.4. The van der Waals surface area contributed by atoms with E-state index in [4.69, 9.17) is 16.6 Å². The van der Waals surface area contributed by atoms with E-state index in [-0.39, 0.29) is 32.2 Å². The molecule has 4 unspecified atom stereocenters. The molecule has 1 saturated heterocycles. The molecule has 0 radical (unpaired) electrons. The molecule has 2 heterocycles. The summed E-state index contributed by atoms with van der Waals surface area (Å²) in [7, 11) is 0. The molecule has 3 rings (SSSR count). The van der Waals surface area contributed by atoms with Crippen molar-refractivity contribution >= 4 is 40.6 Å². The number of carboxylic acid groups (broad SMARTS) is 2. The Balaban J connectivity index is 1.69. The van der Waals surface area contributed by atoms with E-state index in [0.717, 1.165) is 16.5 Å². The van der Waals surface area contributed by atoms with Gasteiger partial charge in [0.2, 0.25) is 17.7 Å². The summed E-state index contributed by atoms with van der Waals surface area (Å²) in [6, 6.07) is 3.22. The monoisotopic (exact) mass is 558 g/mol. The van der Waals surface area contributed by atoms with Gasteiger partial charge in [-0.15, -0.1) is 0 Å². The van der Waals surface area contributed by atoms with Gasteiger partial charge in [0.05, 0.1) is 6.04 Å². The van der Waals surface area contributed by atoms with Gasteiger partial charge in [0.25, 0.3) is 0 Å². The molecule has 0 aliphatic carbocycles. The average molecular weight is 559 g/mol. The number of para-hydroxylation sites is 1. The normalized spacial score (nSPS) is 17.2. The van der Waals surface area contributed by atoms with Gasteiger partial charge in [0.1, 0.15) is 18.1 Å². The van der Waals surface area contributed by atoms with Gasteiger partial charge in [-0.3, -0.25) is 19.2 Å².